The number of nitriles is 1. The van der Waals surface area contributed by atoms with Gasteiger partial charge in [0.05, 0.1) is 16.9 Å². The molecular weight excluding hydrogens is 487 g/mol. The lowest BCUT2D eigenvalue weighted by Gasteiger charge is -2.39. The zero-order valence-corrected chi connectivity index (χ0v) is 20.4. The van der Waals surface area contributed by atoms with Crippen LogP contribution in [0.25, 0.3) is 11.1 Å². The van der Waals surface area contributed by atoms with Crippen LogP contribution in [0, 0.1) is 17.1 Å². The molecular formula is C25H24F3N7O2. The van der Waals surface area contributed by atoms with Gasteiger partial charge in [0.15, 0.2) is 0 Å². The Bertz CT molecular complexity index is 1430. The van der Waals surface area contributed by atoms with Gasteiger partial charge in [0, 0.05) is 74.1 Å². The number of benzene rings is 1. The van der Waals surface area contributed by atoms with E-state index in [1.807, 2.05) is 18.9 Å². The molecule has 1 N–H and O–H groups in total. The Labute approximate surface area is 210 Å². The Morgan fingerprint density at radius 3 is 2.51 bits per heavy atom. The molecule has 1 amide bonds. The second kappa shape index (κ2) is 10.4. The van der Waals surface area contributed by atoms with Crippen LogP contribution in [0.1, 0.15) is 35.1 Å². The first-order valence-corrected chi connectivity index (χ1v) is 11.4. The molecule has 9 nitrogen and oxygen atoms in total. The van der Waals surface area contributed by atoms with Gasteiger partial charge in [0.2, 0.25) is 5.82 Å². The maximum absolute atomic E-state index is 15.3. The number of nitrogens with zero attached hydrogens (tertiary/aromatic N) is 6. The van der Waals surface area contributed by atoms with Gasteiger partial charge in [-0.25, -0.2) is 23.1 Å². The first kappa shape index (κ1) is 25.8. The SMILES string of the molecule is CC1CN(c2cc(F)c(-c3cnc(C#N)nc3)cc2NC(=O)c2cn(C)c(=O)cc2C(F)F)CCN1C. The number of rotatable bonds is 5. The highest BCUT2D eigenvalue weighted by Gasteiger charge is 2.26. The Morgan fingerprint density at radius 2 is 1.89 bits per heavy atom. The monoisotopic (exact) mass is 511 g/mol. The number of carbonyl (C=O) groups excluding carboxylic acids is 1. The molecule has 1 aliphatic rings. The first-order chi connectivity index (χ1) is 17.6. The second-order valence-corrected chi connectivity index (χ2v) is 8.88. The first-order valence-electron chi connectivity index (χ1n) is 11.4. The molecule has 37 heavy (non-hydrogen) atoms. The topological polar surface area (TPSA) is 107 Å². The molecule has 1 saturated heterocycles. The average molecular weight is 512 g/mol. The van der Waals surface area contributed by atoms with Crippen LogP contribution < -0.4 is 15.8 Å². The third-order valence-corrected chi connectivity index (χ3v) is 6.44. The summed E-state index contributed by atoms with van der Waals surface area (Å²) >= 11 is 0. The molecule has 3 heterocycles. The zero-order valence-electron chi connectivity index (χ0n) is 20.4. The molecule has 3 aromatic rings. The third kappa shape index (κ3) is 5.31. The molecule has 0 radical (unpaired) electrons. The maximum Gasteiger partial charge on any atom is 0.264 e. The molecule has 1 unspecified atom stereocenters. The molecule has 0 bridgehead atoms. The molecule has 1 aromatic carbocycles. The van der Waals surface area contributed by atoms with Crippen LogP contribution in [0.4, 0.5) is 24.5 Å². The van der Waals surface area contributed by atoms with Crippen molar-refractivity contribution in [3.63, 3.8) is 0 Å². The highest BCUT2D eigenvalue weighted by atomic mass is 19.3. The van der Waals surface area contributed by atoms with Crippen molar-refractivity contribution in [2.24, 2.45) is 7.05 Å². The van der Waals surface area contributed by atoms with Crippen molar-refractivity contribution < 1.29 is 18.0 Å². The minimum absolute atomic E-state index is 0.0558. The fourth-order valence-electron chi connectivity index (χ4n) is 4.14. The van der Waals surface area contributed by atoms with Gasteiger partial charge in [-0.05, 0) is 26.1 Å². The van der Waals surface area contributed by atoms with Gasteiger partial charge in [-0.2, -0.15) is 5.26 Å². The number of aryl methyl sites for hydroxylation is 1. The maximum atomic E-state index is 15.3. The predicted molar refractivity (Wildman–Crippen MR) is 131 cm³/mol. The highest BCUT2D eigenvalue weighted by molar-refractivity contribution is 6.07. The molecule has 0 spiro atoms. The van der Waals surface area contributed by atoms with Crippen molar-refractivity contribution in [2.75, 3.05) is 36.9 Å². The number of carbonyl (C=O) groups is 1. The lowest BCUT2D eigenvalue weighted by molar-refractivity contribution is 0.101. The van der Waals surface area contributed by atoms with Gasteiger partial charge in [0.25, 0.3) is 17.9 Å². The van der Waals surface area contributed by atoms with Crippen LogP contribution in [0.2, 0.25) is 0 Å². The summed E-state index contributed by atoms with van der Waals surface area (Å²) in [6.07, 6.45) is 0.576. The van der Waals surface area contributed by atoms with Crippen LogP contribution in [0.3, 0.4) is 0 Å². The Morgan fingerprint density at radius 1 is 1.19 bits per heavy atom. The van der Waals surface area contributed by atoms with Crippen LogP contribution in [-0.4, -0.2) is 58.1 Å². The van der Waals surface area contributed by atoms with E-state index in [1.165, 1.54) is 31.6 Å². The van der Waals surface area contributed by atoms with E-state index in [2.05, 4.69) is 20.2 Å². The number of aromatic nitrogens is 3. The molecule has 4 rings (SSSR count). The number of pyridine rings is 1. The zero-order chi connectivity index (χ0) is 26.9. The van der Waals surface area contributed by atoms with Crippen molar-refractivity contribution >= 4 is 17.3 Å². The van der Waals surface area contributed by atoms with Gasteiger partial charge in [-0.15, -0.1) is 0 Å². The van der Waals surface area contributed by atoms with Gasteiger partial charge < -0.3 is 19.7 Å². The van der Waals surface area contributed by atoms with Crippen LogP contribution in [-0.2, 0) is 7.05 Å². The number of halogens is 3. The Hall–Kier alpha value is -4.24. The summed E-state index contributed by atoms with van der Waals surface area (Å²) in [7, 11) is 3.33. The van der Waals surface area contributed by atoms with E-state index in [0.717, 1.165) is 16.8 Å². The summed E-state index contributed by atoms with van der Waals surface area (Å²) in [6.45, 7) is 3.80. The number of anilines is 2. The lowest BCUT2D eigenvalue weighted by Crippen LogP contribution is -2.50. The number of piperazine rings is 1. The molecule has 1 fully saturated rings. The van der Waals surface area contributed by atoms with Crippen molar-refractivity contribution in [3.8, 4) is 17.2 Å². The fourth-order valence-corrected chi connectivity index (χ4v) is 4.14. The molecule has 0 aliphatic carbocycles. The molecule has 2 aromatic heterocycles. The van der Waals surface area contributed by atoms with Crippen molar-refractivity contribution in [2.45, 2.75) is 19.4 Å². The summed E-state index contributed by atoms with van der Waals surface area (Å²) in [5, 5.41) is 11.6. The van der Waals surface area contributed by atoms with E-state index in [1.54, 1.807) is 6.07 Å². The summed E-state index contributed by atoms with van der Waals surface area (Å²) in [6, 6.07) is 5.32. The molecule has 192 valence electrons. The number of hydrogen-bond donors (Lipinski definition) is 1. The summed E-state index contributed by atoms with van der Waals surface area (Å²) in [5.41, 5.74) is -0.852. The molecule has 12 heteroatoms. The van der Waals surface area contributed by atoms with E-state index in [0.29, 0.717) is 25.3 Å². The average Bonchev–Trinajstić information content (AvgIpc) is 2.87. The largest absolute Gasteiger partial charge is 0.367 e. The van der Waals surface area contributed by atoms with Crippen molar-refractivity contribution in [1.29, 1.82) is 5.26 Å². The van der Waals surface area contributed by atoms with Crippen LogP contribution in [0.15, 0.2) is 41.6 Å². The number of likely N-dealkylation sites (N-methyl/N-ethyl adjacent to an activating group) is 1. The van der Waals surface area contributed by atoms with Gasteiger partial charge >= 0.3 is 0 Å². The van der Waals surface area contributed by atoms with Crippen LogP contribution in [0.5, 0.6) is 0 Å². The van der Waals surface area contributed by atoms with Gasteiger partial charge in [-0.1, -0.05) is 0 Å². The van der Waals surface area contributed by atoms with E-state index < -0.39 is 29.3 Å². The van der Waals surface area contributed by atoms with E-state index in [-0.39, 0.29) is 34.2 Å². The van der Waals surface area contributed by atoms with Gasteiger partial charge in [-0.3, -0.25) is 9.59 Å². The molecule has 1 atom stereocenters. The van der Waals surface area contributed by atoms with Crippen molar-refractivity contribution in [1.82, 2.24) is 19.4 Å². The molecule has 1 aliphatic heterocycles. The van der Waals surface area contributed by atoms with E-state index in [9.17, 15) is 18.4 Å². The van der Waals surface area contributed by atoms with Crippen LogP contribution >= 0.6 is 0 Å². The number of alkyl halides is 2. The third-order valence-electron chi connectivity index (χ3n) is 6.44. The van der Waals surface area contributed by atoms with Crippen molar-refractivity contribution in [3.05, 3.63) is 69.9 Å². The smallest absolute Gasteiger partial charge is 0.264 e. The van der Waals surface area contributed by atoms with E-state index >= 15 is 4.39 Å². The normalized spacial score (nSPS) is 16.1. The van der Waals surface area contributed by atoms with Gasteiger partial charge in [0.1, 0.15) is 11.9 Å². The minimum atomic E-state index is -3.05. The standard InChI is InChI=1S/C25H24F3N7O2/c1-14-12-35(5-4-33(14)2)21-8-19(26)16(15-10-30-22(9-29)31-11-15)6-20(21)32-25(37)18-13-34(3)23(36)7-17(18)24(27)28/h6-8,10-11,13-14,24H,4-5,12H2,1-3H3,(H,32,37). The predicted octanol–water partition coefficient (Wildman–Crippen LogP) is 3.18. The Balaban J connectivity index is 1.80. The number of nitrogens with one attached hydrogen (secondary N) is 1. The summed E-state index contributed by atoms with van der Waals surface area (Å²) in [5.74, 6) is -1.57. The summed E-state index contributed by atoms with van der Waals surface area (Å²) < 4.78 is 43.7. The lowest BCUT2D eigenvalue weighted by atomic mass is 10.0. The quantitative estimate of drug-likeness (QED) is 0.561. The highest BCUT2D eigenvalue weighted by Crippen LogP contribution is 2.35. The second-order valence-electron chi connectivity index (χ2n) is 8.88. The number of hydrogen-bond acceptors (Lipinski definition) is 7. The number of amides is 1. The Kier molecular flexibility index (Phi) is 7.26. The minimum Gasteiger partial charge on any atom is -0.367 e. The summed E-state index contributed by atoms with van der Waals surface area (Å²) in [4.78, 5) is 36.9. The fraction of sp³-hybridized carbons (Fsp3) is 0.320. The molecule has 0 saturated carbocycles. The van der Waals surface area contributed by atoms with E-state index in [4.69, 9.17) is 5.26 Å².